The first kappa shape index (κ1) is 13.2. The van der Waals surface area contributed by atoms with Crippen LogP contribution in [0.2, 0.25) is 0 Å². The maximum atomic E-state index is 10.6. The second-order valence-electron chi connectivity index (χ2n) is 3.07. The highest BCUT2D eigenvalue weighted by molar-refractivity contribution is 9.10. The molecule has 0 saturated heterocycles. The molecular formula is C10H8BrNO5. The second-order valence-corrected chi connectivity index (χ2v) is 3.92. The summed E-state index contributed by atoms with van der Waals surface area (Å²) in [5.74, 6) is -0.959. The quantitative estimate of drug-likeness (QED) is 0.512. The Morgan fingerprint density at radius 1 is 1.59 bits per heavy atom. The molecule has 0 aliphatic carbocycles. The van der Waals surface area contributed by atoms with Crippen LogP contribution in [-0.4, -0.2) is 22.6 Å². The molecule has 0 spiro atoms. The van der Waals surface area contributed by atoms with Crippen LogP contribution in [0.3, 0.4) is 0 Å². The van der Waals surface area contributed by atoms with Gasteiger partial charge in [-0.05, 0) is 28.1 Å². The van der Waals surface area contributed by atoms with E-state index in [-0.39, 0.29) is 23.6 Å². The van der Waals surface area contributed by atoms with Crippen molar-refractivity contribution in [3.05, 3.63) is 44.9 Å². The Labute approximate surface area is 105 Å². The molecule has 0 saturated carbocycles. The highest BCUT2D eigenvalue weighted by Gasteiger charge is 2.13. The Kier molecular flexibility index (Phi) is 4.22. The highest BCUT2D eigenvalue weighted by Crippen LogP contribution is 2.29. The van der Waals surface area contributed by atoms with Crippen molar-refractivity contribution in [3.8, 4) is 5.75 Å². The Morgan fingerprint density at radius 3 is 2.76 bits per heavy atom. The molecule has 0 aliphatic rings. The minimum Gasteiger partial charge on any atom is -0.488 e. The van der Waals surface area contributed by atoms with Crippen molar-refractivity contribution in [3.63, 3.8) is 0 Å². The van der Waals surface area contributed by atoms with E-state index < -0.39 is 10.9 Å². The SMILES string of the molecule is C=C(COc1ccc(Br)c([N+](=O)[O-])c1)C(=O)O. The first-order valence-electron chi connectivity index (χ1n) is 4.39. The summed E-state index contributed by atoms with van der Waals surface area (Å²) in [6.07, 6.45) is 0. The van der Waals surface area contributed by atoms with Gasteiger partial charge in [-0.2, -0.15) is 0 Å². The summed E-state index contributed by atoms with van der Waals surface area (Å²) in [6, 6.07) is 4.16. The van der Waals surface area contributed by atoms with Crippen LogP contribution < -0.4 is 4.74 Å². The number of ether oxygens (including phenoxy) is 1. The summed E-state index contributed by atoms with van der Waals surface area (Å²) in [6.45, 7) is 3.05. The minimum atomic E-state index is -1.17. The number of aliphatic carboxylic acids is 1. The Morgan fingerprint density at radius 2 is 2.24 bits per heavy atom. The minimum absolute atomic E-state index is 0.129. The first-order chi connectivity index (χ1) is 7.91. The monoisotopic (exact) mass is 301 g/mol. The average molecular weight is 302 g/mol. The molecule has 1 rings (SSSR count). The second kappa shape index (κ2) is 5.44. The van der Waals surface area contributed by atoms with Gasteiger partial charge in [0.05, 0.1) is 21.0 Å². The van der Waals surface area contributed by atoms with Crippen molar-refractivity contribution in [2.45, 2.75) is 0 Å². The number of halogens is 1. The van der Waals surface area contributed by atoms with Crippen LogP contribution in [0.15, 0.2) is 34.8 Å². The smallest absolute Gasteiger partial charge is 0.334 e. The van der Waals surface area contributed by atoms with Gasteiger partial charge < -0.3 is 9.84 Å². The number of rotatable bonds is 5. The van der Waals surface area contributed by atoms with Gasteiger partial charge in [-0.3, -0.25) is 10.1 Å². The zero-order chi connectivity index (χ0) is 13.0. The predicted octanol–water partition coefficient (Wildman–Crippen LogP) is 2.38. The lowest BCUT2D eigenvalue weighted by atomic mass is 10.3. The van der Waals surface area contributed by atoms with E-state index in [4.69, 9.17) is 9.84 Å². The fourth-order valence-electron chi connectivity index (χ4n) is 0.954. The molecule has 0 amide bonds. The number of carboxylic acid groups (broad SMARTS) is 1. The van der Waals surface area contributed by atoms with E-state index in [1.165, 1.54) is 18.2 Å². The van der Waals surface area contributed by atoms with E-state index in [1.54, 1.807) is 0 Å². The Balaban J connectivity index is 2.80. The molecular weight excluding hydrogens is 294 g/mol. The van der Waals surface area contributed by atoms with Crippen LogP contribution in [0.25, 0.3) is 0 Å². The number of hydrogen-bond donors (Lipinski definition) is 1. The van der Waals surface area contributed by atoms with Gasteiger partial charge in [0, 0.05) is 0 Å². The number of nitrogens with zero attached hydrogens (tertiary/aromatic N) is 1. The molecule has 17 heavy (non-hydrogen) atoms. The number of nitro groups is 1. The molecule has 0 unspecified atom stereocenters. The molecule has 1 aromatic rings. The lowest BCUT2D eigenvalue weighted by Gasteiger charge is -2.06. The van der Waals surface area contributed by atoms with E-state index in [0.29, 0.717) is 4.47 Å². The summed E-state index contributed by atoms with van der Waals surface area (Å²) >= 11 is 3.03. The standard InChI is InChI=1S/C10H8BrNO5/c1-6(10(13)14)5-17-7-2-3-8(11)9(4-7)12(15)16/h2-4H,1,5H2,(H,13,14). The van der Waals surface area contributed by atoms with Gasteiger partial charge in [0.15, 0.2) is 0 Å². The van der Waals surface area contributed by atoms with Crippen LogP contribution >= 0.6 is 15.9 Å². The molecule has 0 fully saturated rings. The number of nitro benzene ring substituents is 1. The molecule has 6 nitrogen and oxygen atoms in total. The van der Waals surface area contributed by atoms with Crippen molar-refractivity contribution >= 4 is 27.6 Å². The van der Waals surface area contributed by atoms with Crippen molar-refractivity contribution < 1.29 is 19.6 Å². The third-order valence-electron chi connectivity index (χ3n) is 1.83. The number of carboxylic acids is 1. The molecule has 1 N–H and O–H groups in total. The van der Waals surface area contributed by atoms with Crippen LogP contribution in [0.5, 0.6) is 5.75 Å². The molecule has 0 aliphatic heterocycles. The van der Waals surface area contributed by atoms with Crippen LogP contribution in [0.1, 0.15) is 0 Å². The van der Waals surface area contributed by atoms with Gasteiger partial charge in [-0.1, -0.05) is 6.58 Å². The lowest BCUT2D eigenvalue weighted by Crippen LogP contribution is -2.08. The topological polar surface area (TPSA) is 89.7 Å². The molecule has 0 aromatic heterocycles. The molecule has 1 aromatic carbocycles. The zero-order valence-corrected chi connectivity index (χ0v) is 10.1. The Hall–Kier alpha value is -1.89. The van der Waals surface area contributed by atoms with Gasteiger partial charge in [-0.15, -0.1) is 0 Å². The van der Waals surface area contributed by atoms with E-state index >= 15 is 0 Å². The molecule has 0 heterocycles. The first-order valence-corrected chi connectivity index (χ1v) is 5.19. The summed E-state index contributed by atoms with van der Waals surface area (Å²) < 4.78 is 5.40. The zero-order valence-electron chi connectivity index (χ0n) is 8.55. The molecule has 0 atom stereocenters. The Bertz CT molecular complexity index is 486. The summed E-state index contributed by atoms with van der Waals surface area (Å²) in [4.78, 5) is 20.5. The number of carbonyl (C=O) groups is 1. The molecule has 7 heteroatoms. The van der Waals surface area contributed by atoms with Gasteiger partial charge >= 0.3 is 5.97 Å². The lowest BCUT2D eigenvalue weighted by molar-refractivity contribution is -0.385. The van der Waals surface area contributed by atoms with Crippen LogP contribution in [0, 0.1) is 10.1 Å². The predicted molar refractivity (Wildman–Crippen MR) is 63.1 cm³/mol. The van der Waals surface area contributed by atoms with Crippen molar-refractivity contribution in [2.24, 2.45) is 0 Å². The van der Waals surface area contributed by atoms with Crippen LogP contribution in [0.4, 0.5) is 5.69 Å². The van der Waals surface area contributed by atoms with Gasteiger partial charge in [0.1, 0.15) is 12.4 Å². The molecule has 90 valence electrons. The van der Waals surface area contributed by atoms with Gasteiger partial charge in [0.25, 0.3) is 5.69 Å². The molecule has 0 radical (unpaired) electrons. The third-order valence-corrected chi connectivity index (χ3v) is 2.50. The number of benzene rings is 1. The fourth-order valence-corrected chi connectivity index (χ4v) is 1.35. The highest BCUT2D eigenvalue weighted by atomic mass is 79.9. The normalized spacial score (nSPS) is 9.71. The van der Waals surface area contributed by atoms with E-state index in [2.05, 4.69) is 22.5 Å². The summed E-state index contributed by atoms with van der Waals surface area (Å²) in [5, 5.41) is 19.2. The maximum absolute atomic E-state index is 10.6. The summed E-state index contributed by atoms with van der Waals surface area (Å²) in [7, 11) is 0. The summed E-state index contributed by atoms with van der Waals surface area (Å²) in [5.41, 5.74) is -0.279. The van der Waals surface area contributed by atoms with E-state index in [9.17, 15) is 14.9 Å². The fraction of sp³-hybridized carbons (Fsp3) is 0.100. The average Bonchev–Trinajstić information content (AvgIpc) is 2.26. The van der Waals surface area contributed by atoms with Gasteiger partial charge in [0.2, 0.25) is 0 Å². The third kappa shape index (κ3) is 3.56. The largest absolute Gasteiger partial charge is 0.488 e. The number of hydrogen-bond acceptors (Lipinski definition) is 4. The molecule has 0 bridgehead atoms. The van der Waals surface area contributed by atoms with Crippen molar-refractivity contribution in [1.82, 2.24) is 0 Å². The van der Waals surface area contributed by atoms with Crippen LogP contribution in [-0.2, 0) is 4.79 Å². The van der Waals surface area contributed by atoms with E-state index in [1.807, 2.05) is 0 Å². The van der Waals surface area contributed by atoms with Gasteiger partial charge in [-0.25, -0.2) is 4.79 Å². The maximum Gasteiger partial charge on any atom is 0.334 e. The van der Waals surface area contributed by atoms with Crippen molar-refractivity contribution in [1.29, 1.82) is 0 Å². The van der Waals surface area contributed by atoms with Crippen molar-refractivity contribution in [2.75, 3.05) is 6.61 Å². The van der Waals surface area contributed by atoms with E-state index in [0.717, 1.165) is 0 Å².